The summed E-state index contributed by atoms with van der Waals surface area (Å²) in [6.45, 7) is 2.44. The van der Waals surface area contributed by atoms with Crippen molar-refractivity contribution in [2.75, 3.05) is 30.5 Å². The number of carbonyl (C=O) groups excluding carboxylic acids is 2. The molecule has 4 rings (SSSR count). The fourth-order valence-electron chi connectivity index (χ4n) is 3.75. The molecule has 0 aliphatic carbocycles. The van der Waals surface area contributed by atoms with Crippen molar-refractivity contribution in [1.29, 1.82) is 0 Å². The van der Waals surface area contributed by atoms with Crippen LogP contribution in [0.1, 0.15) is 26.4 Å². The van der Waals surface area contributed by atoms with Crippen LogP contribution in [0.4, 0.5) is 10.7 Å². The number of amides is 1. The number of nitrogens with two attached hydrogens (primary N) is 1. The number of hydrogen-bond acceptors (Lipinski definition) is 7. The van der Waals surface area contributed by atoms with E-state index in [0.717, 1.165) is 41.4 Å². The summed E-state index contributed by atoms with van der Waals surface area (Å²) in [4.78, 5) is 29.6. The van der Waals surface area contributed by atoms with Gasteiger partial charge in [0.25, 0.3) is 0 Å². The SMILES string of the molecule is COC(=O)c1c(NC(=O)CSc2cccc(N)c2)sc2c1CCN(Cc1ccccc1)C2. The molecular formula is C24H25N3O3S2. The van der Waals surface area contributed by atoms with Crippen LogP contribution in [0.5, 0.6) is 0 Å². The molecule has 0 bridgehead atoms. The van der Waals surface area contributed by atoms with E-state index in [9.17, 15) is 9.59 Å². The largest absolute Gasteiger partial charge is 0.465 e. The number of ether oxygens (including phenoxy) is 1. The Bertz CT molecular complexity index is 1110. The highest BCUT2D eigenvalue weighted by Crippen LogP contribution is 2.38. The van der Waals surface area contributed by atoms with Crippen LogP contribution in [-0.4, -0.2) is 36.2 Å². The summed E-state index contributed by atoms with van der Waals surface area (Å²) >= 11 is 2.88. The van der Waals surface area contributed by atoms with Crippen LogP contribution in [0.3, 0.4) is 0 Å². The van der Waals surface area contributed by atoms with Crippen LogP contribution < -0.4 is 11.1 Å². The van der Waals surface area contributed by atoms with Gasteiger partial charge in [0, 0.05) is 35.1 Å². The van der Waals surface area contributed by atoms with Gasteiger partial charge in [-0.1, -0.05) is 36.4 Å². The summed E-state index contributed by atoms with van der Waals surface area (Å²) < 4.78 is 5.03. The molecule has 1 aliphatic heterocycles. The van der Waals surface area contributed by atoms with Crippen LogP contribution in [0.15, 0.2) is 59.5 Å². The van der Waals surface area contributed by atoms with Crippen molar-refractivity contribution in [3.05, 3.63) is 76.2 Å². The topological polar surface area (TPSA) is 84.7 Å². The van der Waals surface area contributed by atoms with Gasteiger partial charge in [-0.05, 0) is 35.7 Å². The Morgan fingerprint density at radius 2 is 2.00 bits per heavy atom. The number of nitrogen functional groups attached to an aromatic ring is 1. The summed E-state index contributed by atoms with van der Waals surface area (Å²) in [5, 5.41) is 3.51. The van der Waals surface area contributed by atoms with Crippen molar-refractivity contribution in [2.24, 2.45) is 0 Å². The second-order valence-electron chi connectivity index (χ2n) is 7.56. The maximum Gasteiger partial charge on any atom is 0.341 e. The maximum absolute atomic E-state index is 12.6. The molecule has 0 saturated carbocycles. The highest BCUT2D eigenvalue weighted by molar-refractivity contribution is 8.00. The zero-order valence-electron chi connectivity index (χ0n) is 17.8. The average Bonchev–Trinajstić information content (AvgIpc) is 3.15. The number of nitrogens with zero attached hydrogens (tertiary/aromatic N) is 1. The number of fused-ring (bicyclic) bond motifs is 1. The van der Waals surface area contributed by atoms with E-state index >= 15 is 0 Å². The Morgan fingerprint density at radius 1 is 1.19 bits per heavy atom. The summed E-state index contributed by atoms with van der Waals surface area (Å²) in [5.74, 6) is -0.340. The summed E-state index contributed by atoms with van der Waals surface area (Å²) in [6, 6.07) is 17.8. The normalized spacial score (nSPS) is 13.4. The Morgan fingerprint density at radius 3 is 2.75 bits per heavy atom. The third kappa shape index (κ3) is 5.32. The molecule has 8 heteroatoms. The van der Waals surface area contributed by atoms with Crippen molar-refractivity contribution in [3.8, 4) is 0 Å². The summed E-state index contributed by atoms with van der Waals surface area (Å²) in [5.41, 5.74) is 9.21. The lowest BCUT2D eigenvalue weighted by Gasteiger charge is -2.27. The Kier molecular flexibility index (Phi) is 7.14. The first kappa shape index (κ1) is 22.4. The molecule has 0 fully saturated rings. The molecule has 2 heterocycles. The minimum Gasteiger partial charge on any atom is -0.465 e. The molecule has 0 unspecified atom stereocenters. The van der Waals surface area contributed by atoms with Crippen molar-refractivity contribution in [1.82, 2.24) is 4.90 Å². The molecule has 166 valence electrons. The molecule has 1 aromatic heterocycles. The Balaban J connectivity index is 1.47. The van der Waals surface area contributed by atoms with Gasteiger partial charge in [-0.15, -0.1) is 23.1 Å². The van der Waals surface area contributed by atoms with E-state index in [-0.39, 0.29) is 11.7 Å². The van der Waals surface area contributed by atoms with E-state index < -0.39 is 5.97 Å². The standard InChI is InChI=1S/C24H25N3O3S2/c1-30-24(29)22-19-10-11-27(13-16-6-3-2-4-7-16)14-20(19)32-23(22)26-21(28)15-31-18-9-5-8-17(25)12-18/h2-9,12H,10-11,13-15,25H2,1H3,(H,26,28). The lowest BCUT2D eigenvalue weighted by atomic mass is 10.0. The smallest absolute Gasteiger partial charge is 0.341 e. The number of esters is 1. The third-order valence-corrected chi connectivity index (χ3v) is 7.38. The van der Waals surface area contributed by atoms with Crippen molar-refractivity contribution in [2.45, 2.75) is 24.4 Å². The van der Waals surface area contributed by atoms with E-state index in [0.29, 0.717) is 16.3 Å². The van der Waals surface area contributed by atoms with Crippen LogP contribution in [0, 0.1) is 0 Å². The number of thioether (sulfide) groups is 1. The van der Waals surface area contributed by atoms with Crippen molar-refractivity contribution in [3.63, 3.8) is 0 Å². The van der Waals surface area contributed by atoms with Gasteiger partial charge in [0.2, 0.25) is 5.91 Å². The van der Waals surface area contributed by atoms with E-state index in [2.05, 4.69) is 22.3 Å². The van der Waals surface area contributed by atoms with Gasteiger partial charge in [-0.2, -0.15) is 0 Å². The zero-order chi connectivity index (χ0) is 22.5. The lowest BCUT2D eigenvalue weighted by molar-refractivity contribution is -0.113. The molecular weight excluding hydrogens is 442 g/mol. The number of nitrogens with one attached hydrogen (secondary N) is 1. The maximum atomic E-state index is 12.6. The number of hydrogen-bond donors (Lipinski definition) is 2. The second kappa shape index (κ2) is 10.2. The fraction of sp³-hybridized carbons (Fsp3) is 0.250. The fourth-order valence-corrected chi connectivity index (χ4v) is 5.81. The first-order valence-corrected chi connectivity index (χ1v) is 12.1. The van der Waals surface area contributed by atoms with E-state index in [1.165, 1.54) is 35.8 Å². The van der Waals surface area contributed by atoms with Crippen LogP contribution in [0.2, 0.25) is 0 Å². The van der Waals surface area contributed by atoms with Crippen molar-refractivity contribution < 1.29 is 14.3 Å². The van der Waals surface area contributed by atoms with E-state index in [4.69, 9.17) is 10.5 Å². The van der Waals surface area contributed by atoms with Gasteiger partial charge in [0.1, 0.15) is 5.00 Å². The van der Waals surface area contributed by atoms with Crippen molar-refractivity contribution >= 4 is 45.7 Å². The average molecular weight is 468 g/mol. The predicted molar refractivity (Wildman–Crippen MR) is 130 cm³/mol. The molecule has 6 nitrogen and oxygen atoms in total. The highest BCUT2D eigenvalue weighted by atomic mass is 32.2. The quantitative estimate of drug-likeness (QED) is 0.304. The molecule has 32 heavy (non-hydrogen) atoms. The first-order valence-electron chi connectivity index (χ1n) is 10.3. The third-order valence-electron chi connectivity index (χ3n) is 5.26. The molecule has 3 N–H and O–H groups in total. The van der Waals surface area contributed by atoms with Gasteiger partial charge >= 0.3 is 5.97 Å². The van der Waals surface area contributed by atoms with Crippen LogP contribution in [0.25, 0.3) is 0 Å². The second-order valence-corrected chi connectivity index (χ2v) is 9.71. The first-order chi connectivity index (χ1) is 15.5. The van der Waals surface area contributed by atoms with Gasteiger partial charge in [-0.3, -0.25) is 9.69 Å². The van der Waals surface area contributed by atoms with Gasteiger partial charge in [-0.25, -0.2) is 4.79 Å². The summed E-state index contributed by atoms with van der Waals surface area (Å²) in [7, 11) is 1.37. The molecule has 0 radical (unpaired) electrons. The zero-order valence-corrected chi connectivity index (χ0v) is 19.4. The number of rotatable bonds is 7. The minimum absolute atomic E-state index is 0.165. The highest BCUT2D eigenvalue weighted by Gasteiger charge is 2.29. The van der Waals surface area contributed by atoms with Crippen LogP contribution >= 0.6 is 23.1 Å². The molecule has 3 aromatic rings. The number of benzene rings is 2. The molecule has 0 spiro atoms. The lowest BCUT2D eigenvalue weighted by Crippen LogP contribution is -2.29. The van der Waals surface area contributed by atoms with E-state index in [1.54, 1.807) is 0 Å². The number of anilines is 2. The predicted octanol–water partition coefficient (Wildman–Crippen LogP) is 4.41. The number of methoxy groups -OCH3 is 1. The number of carbonyl (C=O) groups is 2. The van der Waals surface area contributed by atoms with E-state index in [1.807, 2.05) is 42.5 Å². The van der Waals surface area contributed by atoms with Gasteiger partial charge in [0.15, 0.2) is 0 Å². The van der Waals surface area contributed by atoms with Crippen LogP contribution in [-0.2, 0) is 29.0 Å². The van der Waals surface area contributed by atoms with Gasteiger partial charge < -0.3 is 15.8 Å². The minimum atomic E-state index is -0.405. The molecule has 1 amide bonds. The monoisotopic (exact) mass is 467 g/mol. The van der Waals surface area contributed by atoms with Gasteiger partial charge in [0.05, 0.1) is 18.4 Å². The molecule has 0 saturated heterocycles. The Labute approximate surface area is 195 Å². The summed E-state index contributed by atoms with van der Waals surface area (Å²) in [6.07, 6.45) is 0.747. The molecule has 0 atom stereocenters. The Hall–Kier alpha value is -2.81. The number of thiophene rings is 1. The molecule has 1 aliphatic rings. The molecule has 2 aromatic carbocycles.